The number of piperazine rings is 1. The molecule has 2 heterocycles. The number of aryl methyl sites for hydroxylation is 1. The van der Waals surface area contributed by atoms with Crippen LogP contribution in [0.5, 0.6) is 0 Å². The number of hydrogen-bond donors (Lipinski definition) is 1. The lowest BCUT2D eigenvalue weighted by molar-refractivity contribution is -0.383. The van der Waals surface area contributed by atoms with Crippen molar-refractivity contribution in [2.24, 2.45) is 0 Å². The molecule has 1 fully saturated rings. The van der Waals surface area contributed by atoms with E-state index in [1.807, 2.05) is 11.8 Å². The van der Waals surface area contributed by atoms with Crippen molar-refractivity contribution in [3.63, 3.8) is 0 Å². The molecule has 0 bridgehead atoms. The molecule has 0 aliphatic carbocycles. The summed E-state index contributed by atoms with van der Waals surface area (Å²) in [4.78, 5) is 23.9. The molecule has 0 saturated carbocycles. The van der Waals surface area contributed by atoms with E-state index in [9.17, 15) is 10.1 Å². The Hall–Kier alpha value is -2.90. The highest BCUT2D eigenvalue weighted by atomic mass is 16.6. The zero-order valence-electron chi connectivity index (χ0n) is 16.1. The van der Waals surface area contributed by atoms with Crippen LogP contribution < -0.4 is 15.1 Å². The van der Waals surface area contributed by atoms with Crippen molar-refractivity contribution in [1.82, 2.24) is 9.97 Å². The SMILES string of the molecule is CCCNc1ncnc(N2CCN(c3cccc(C)c3C)CC2)c1[N+](=O)[O-]. The summed E-state index contributed by atoms with van der Waals surface area (Å²) in [6.45, 7) is 9.84. The summed E-state index contributed by atoms with van der Waals surface area (Å²) < 4.78 is 0. The highest BCUT2D eigenvalue weighted by molar-refractivity contribution is 5.70. The highest BCUT2D eigenvalue weighted by Gasteiger charge is 2.29. The van der Waals surface area contributed by atoms with Gasteiger partial charge in [-0.05, 0) is 37.5 Å². The van der Waals surface area contributed by atoms with Gasteiger partial charge in [0, 0.05) is 38.4 Å². The smallest absolute Gasteiger partial charge is 0.353 e. The standard InChI is InChI=1S/C19H26N6O2/c1-4-8-20-18-17(25(26)27)19(22-13-21-18)24-11-9-23(10-12-24)16-7-5-6-14(2)15(16)3/h5-7,13H,4,8-12H2,1-3H3,(H,20,21,22). The first-order valence-corrected chi connectivity index (χ1v) is 9.32. The van der Waals surface area contributed by atoms with E-state index in [0.717, 1.165) is 19.5 Å². The maximum absolute atomic E-state index is 11.7. The lowest BCUT2D eigenvalue weighted by Crippen LogP contribution is -2.47. The molecule has 3 rings (SSSR count). The molecule has 0 amide bonds. The van der Waals surface area contributed by atoms with Gasteiger partial charge in [0.15, 0.2) is 0 Å². The van der Waals surface area contributed by atoms with Gasteiger partial charge in [0.25, 0.3) is 0 Å². The van der Waals surface area contributed by atoms with E-state index in [1.165, 1.54) is 23.1 Å². The van der Waals surface area contributed by atoms with Gasteiger partial charge in [0.2, 0.25) is 11.6 Å². The molecular formula is C19H26N6O2. The van der Waals surface area contributed by atoms with Crippen LogP contribution in [0.15, 0.2) is 24.5 Å². The lowest BCUT2D eigenvalue weighted by atomic mass is 10.1. The number of rotatable bonds is 6. The Labute approximate surface area is 159 Å². The van der Waals surface area contributed by atoms with E-state index in [4.69, 9.17) is 0 Å². The molecule has 1 aliphatic rings. The Morgan fingerprint density at radius 2 is 1.85 bits per heavy atom. The van der Waals surface area contributed by atoms with E-state index in [2.05, 4.69) is 52.2 Å². The van der Waals surface area contributed by atoms with E-state index in [1.54, 1.807) is 0 Å². The zero-order chi connectivity index (χ0) is 19.4. The third-order valence-corrected chi connectivity index (χ3v) is 5.02. The van der Waals surface area contributed by atoms with Crippen molar-refractivity contribution in [3.8, 4) is 0 Å². The largest absolute Gasteiger partial charge is 0.368 e. The number of nitro groups is 1. The van der Waals surface area contributed by atoms with Crippen LogP contribution in [-0.4, -0.2) is 47.6 Å². The normalized spacial score (nSPS) is 14.3. The fourth-order valence-electron chi connectivity index (χ4n) is 3.38. The van der Waals surface area contributed by atoms with Crippen LogP contribution in [0.2, 0.25) is 0 Å². The zero-order valence-corrected chi connectivity index (χ0v) is 16.1. The Kier molecular flexibility index (Phi) is 5.73. The number of benzene rings is 1. The molecule has 0 unspecified atom stereocenters. The summed E-state index contributed by atoms with van der Waals surface area (Å²) >= 11 is 0. The molecule has 144 valence electrons. The molecule has 2 aromatic rings. The third kappa shape index (κ3) is 3.94. The average Bonchev–Trinajstić information content (AvgIpc) is 2.68. The molecule has 1 aliphatic heterocycles. The Balaban J connectivity index is 1.80. The van der Waals surface area contributed by atoms with Crippen LogP contribution in [0.25, 0.3) is 0 Å². The first kappa shape index (κ1) is 18.9. The van der Waals surface area contributed by atoms with Crippen LogP contribution >= 0.6 is 0 Å². The van der Waals surface area contributed by atoms with E-state index in [-0.39, 0.29) is 10.6 Å². The van der Waals surface area contributed by atoms with Crippen molar-refractivity contribution in [3.05, 3.63) is 45.8 Å². The second kappa shape index (κ2) is 8.20. The van der Waals surface area contributed by atoms with Crippen molar-refractivity contribution in [1.29, 1.82) is 0 Å². The predicted octanol–water partition coefficient (Wildman–Crippen LogP) is 3.15. The fourth-order valence-corrected chi connectivity index (χ4v) is 3.38. The van der Waals surface area contributed by atoms with Crippen LogP contribution in [-0.2, 0) is 0 Å². The molecule has 0 spiro atoms. The van der Waals surface area contributed by atoms with E-state index < -0.39 is 0 Å². The minimum absolute atomic E-state index is 0.0360. The van der Waals surface area contributed by atoms with Crippen molar-refractivity contribution in [2.75, 3.05) is 47.8 Å². The van der Waals surface area contributed by atoms with Crippen LogP contribution in [0.1, 0.15) is 24.5 Å². The number of anilines is 3. The number of nitrogens with zero attached hydrogens (tertiary/aromatic N) is 5. The van der Waals surface area contributed by atoms with Gasteiger partial charge in [-0.2, -0.15) is 0 Å². The predicted molar refractivity (Wildman–Crippen MR) is 108 cm³/mol. The molecule has 0 radical (unpaired) electrons. The molecule has 1 aromatic carbocycles. The molecule has 0 atom stereocenters. The second-order valence-electron chi connectivity index (χ2n) is 6.77. The minimum Gasteiger partial charge on any atom is -0.368 e. The van der Waals surface area contributed by atoms with Gasteiger partial charge in [0.1, 0.15) is 6.33 Å². The van der Waals surface area contributed by atoms with Gasteiger partial charge in [-0.25, -0.2) is 9.97 Å². The minimum atomic E-state index is -0.385. The van der Waals surface area contributed by atoms with E-state index in [0.29, 0.717) is 31.3 Å². The van der Waals surface area contributed by atoms with Gasteiger partial charge in [-0.1, -0.05) is 19.1 Å². The molecule has 8 heteroatoms. The van der Waals surface area contributed by atoms with Gasteiger partial charge in [-0.3, -0.25) is 10.1 Å². The summed E-state index contributed by atoms with van der Waals surface area (Å²) in [6, 6.07) is 6.33. The maximum Gasteiger partial charge on any atom is 0.353 e. The first-order valence-electron chi connectivity index (χ1n) is 9.32. The van der Waals surface area contributed by atoms with Crippen molar-refractivity contribution in [2.45, 2.75) is 27.2 Å². The number of aromatic nitrogens is 2. The summed E-state index contributed by atoms with van der Waals surface area (Å²) in [6.07, 6.45) is 2.27. The summed E-state index contributed by atoms with van der Waals surface area (Å²) in [5, 5.41) is 14.7. The van der Waals surface area contributed by atoms with Gasteiger partial charge >= 0.3 is 5.69 Å². The average molecular weight is 370 g/mol. The van der Waals surface area contributed by atoms with Gasteiger partial charge < -0.3 is 15.1 Å². The molecule has 8 nitrogen and oxygen atoms in total. The third-order valence-electron chi connectivity index (χ3n) is 5.02. The molecule has 1 aromatic heterocycles. The monoisotopic (exact) mass is 370 g/mol. The number of hydrogen-bond acceptors (Lipinski definition) is 7. The lowest BCUT2D eigenvalue weighted by Gasteiger charge is -2.37. The quantitative estimate of drug-likeness (QED) is 0.617. The molecule has 1 saturated heterocycles. The second-order valence-corrected chi connectivity index (χ2v) is 6.77. The highest BCUT2D eigenvalue weighted by Crippen LogP contribution is 2.33. The van der Waals surface area contributed by atoms with Crippen molar-refractivity contribution >= 4 is 23.0 Å². The maximum atomic E-state index is 11.7. The summed E-state index contributed by atoms with van der Waals surface area (Å²) in [5.41, 5.74) is 3.75. The number of nitrogens with one attached hydrogen (secondary N) is 1. The topological polar surface area (TPSA) is 87.4 Å². The molecule has 27 heavy (non-hydrogen) atoms. The van der Waals surface area contributed by atoms with E-state index >= 15 is 0 Å². The summed E-state index contributed by atoms with van der Waals surface area (Å²) in [7, 11) is 0. The van der Waals surface area contributed by atoms with Crippen LogP contribution in [0, 0.1) is 24.0 Å². The Morgan fingerprint density at radius 3 is 2.52 bits per heavy atom. The molecule has 1 N–H and O–H groups in total. The van der Waals surface area contributed by atoms with Gasteiger partial charge in [-0.15, -0.1) is 0 Å². The Morgan fingerprint density at radius 1 is 1.15 bits per heavy atom. The van der Waals surface area contributed by atoms with Crippen LogP contribution in [0.3, 0.4) is 0 Å². The molecular weight excluding hydrogens is 344 g/mol. The fraction of sp³-hybridized carbons (Fsp3) is 0.474. The van der Waals surface area contributed by atoms with Crippen LogP contribution in [0.4, 0.5) is 23.0 Å². The first-order chi connectivity index (χ1) is 13.0. The Bertz CT molecular complexity index is 818. The van der Waals surface area contributed by atoms with Crippen molar-refractivity contribution < 1.29 is 4.92 Å². The van der Waals surface area contributed by atoms with Gasteiger partial charge in [0.05, 0.1) is 4.92 Å². The summed E-state index contributed by atoms with van der Waals surface area (Å²) in [5.74, 6) is 0.693.